The molecule has 0 spiro atoms. The standard InChI is InChI=1S/C18H19N3O2S/c1-10(2)12-5-7-13(8-6-12)20-16(22)15-11(3)14-17(24-15)19-9-21(4)18(14)23/h5-10H,1-4H3,(H,20,22). The van der Waals surface area contributed by atoms with Crippen LogP contribution in [-0.4, -0.2) is 15.5 Å². The van der Waals surface area contributed by atoms with E-state index in [1.165, 1.54) is 27.8 Å². The van der Waals surface area contributed by atoms with Crippen molar-refractivity contribution in [3.63, 3.8) is 0 Å². The van der Waals surface area contributed by atoms with Gasteiger partial charge in [0.1, 0.15) is 4.83 Å². The van der Waals surface area contributed by atoms with Gasteiger partial charge in [0, 0.05) is 12.7 Å². The highest BCUT2D eigenvalue weighted by Crippen LogP contribution is 2.27. The number of hydrogen-bond acceptors (Lipinski definition) is 4. The summed E-state index contributed by atoms with van der Waals surface area (Å²) < 4.78 is 1.42. The van der Waals surface area contributed by atoms with Gasteiger partial charge in [0.05, 0.1) is 16.6 Å². The molecule has 0 aliphatic heterocycles. The lowest BCUT2D eigenvalue weighted by molar-refractivity contribution is 0.103. The summed E-state index contributed by atoms with van der Waals surface area (Å²) >= 11 is 1.25. The highest BCUT2D eigenvalue weighted by molar-refractivity contribution is 7.20. The van der Waals surface area contributed by atoms with Crippen molar-refractivity contribution < 1.29 is 4.79 Å². The Kier molecular flexibility index (Phi) is 4.24. The second kappa shape index (κ2) is 6.20. The van der Waals surface area contributed by atoms with Gasteiger partial charge in [-0.1, -0.05) is 26.0 Å². The molecule has 0 bridgehead atoms. The molecule has 6 heteroatoms. The summed E-state index contributed by atoms with van der Waals surface area (Å²) in [7, 11) is 1.65. The van der Waals surface area contributed by atoms with Gasteiger partial charge in [-0.2, -0.15) is 0 Å². The number of aromatic nitrogens is 2. The number of nitrogens with zero attached hydrogens (tertiary/aromatic N) is 2. The molecule has 0 unspecified atom stereocenters. The van der Waals surface area contributed by atoms with Gasteiger partial charge in [-0.25, -0.2) is 4.98 Å². The Morgan fingerprint density at radius 2 is 1.92 bits per heavy atom. The number of aryl methyl sites for hydroxylation is 2. The highest BCUT2D eigenvalue weighted by Gasteiger charge is 2.19. The summed E-state index contributed by atoms with van der Waals surface area (Å²) in [6.45, 7) is 6.04. The zero-order valence-corrected chi connectivity index (χ0v) is 14.9. The average Bonchev–Trinajstić information content (AvgIpc) is 2.89. The first-order valence-corrected chi connectivity index (χ1v) is 8.56. The van der Waals surface area contributed by atoms with Crippen molar-refractivity contribution in [2.45, 2.75) is 26.7 Å². The fraction of sp³-hybridized carbons (Fsp3) is 0.278. The molecule has 1 N–H and O–H groups in total. The van der Waals surface area contributed by atoms with E-state index in [1.807, 2.05) is 24.3 Å². The molecule has 3 rings (SSSR count). The third-order valence-corrected chi connectivity index (χ3v) is 5.25. The molecule has 0 fully saturated rings. The smallest absolute Gasteiger partial charge is 0.266 e. The minimum absolute atomic E-state index is 0.130. The normalized spacial score (nSPS) is 11.2. The molecule has 1 aromatic carbocycles. The van der Waals surface area contributed by atoms with Gasteiger partial charge in [0.15, 0.2) is 0 Å². The van der Waals surface area contributed by atoms with Gasteiger partial charge in [-0.05, 0) is 36.1 Å². The van der Waals surface area contributed by atoms with Crippen LogP contribution in [0.25, 0.3) is 10.2 Å². The van der Waals surface area contributed by atoms with Crippen molar-refractivity contribution in [1.29, 1.82) is 0 Å². The summed E-state index contributed by atoms with van der Waals surface area (Å²) in [5, 5.41) is 3.41. The lowest BCUT2D eigenvalue weighted by atomic mass is 10.0. The Morgan fingerprint density at radius 1 is 1.25 bits per heavy atom. The van der Waals surface area contributed by atoms with Gasteiger partial charge < -0.3 is 9.88 Å². The van der Waals surface area contributed by atoms with Gasteiger partial charge in [0.25, 0.3) is 11.5 Å². The van der Waals surface area contributed by atoms with Crippen LogP contribution in [0.4, 0.5) is 5.69 Å². The van der Waals surface area contributed by atoms with E-state index in [2.05, 4.69) is 24.1 Å². The SMILES string of the molecule is Cc1c(C(=O)Nc2ccc(C(C)C)cc2)sc2ncn(C)c(=O)c12. The van der Waals surface area contributed by atoms with Crippen molar-refractivity contribution >= 4 is 33.1 Å². The first-order valence-electron chi connectivity index (χ1n) is 7.74. The third kappa shape index (κ3) is 2.85. The van der Waals surface area contributed by atoms with Gasteiger partial charge >= 0.3 is 0 Å². The van der Waals surface area contributed by atoms with E-state index in [0.29, 0.717) is 26.6 Å². The predicted molar refractivity (Wildman–Crippen MR) is 98.1 cm³/mol. The minimum atomic E-state index is -0.213. The summed E-state index contributed by atoms with van der Waals surface area (Å²) in [6, 6.07) is 7.81. The summed E-state index contributed by atoms with van der Waals surface area (Å²) in [6.07, 6.45) is 1.48. The number of carbonyl (C=O) groups is 1. The molecule has 0 aliphatic rings. The quantitative estimate of drug-likeness (QED) is 0.790. The van der Waals surface area contributed by atoms with Crippen LogP contribution in [0, 0.1) is 6.92 Å². The van der Waals surface area contributed by atoms with E-state index >= 15 is 0 Å². The Bertz CT molecular complexity index is 968. The maximum atomic E-state index is 12.6. The lowest BCUT2D eigenvalue weighted by Gasteiger charge is -2.08. The van der Waals surface area contributed by atoms with Crippen LogP contribution < -0.4 is 10.9 Å². The number of rotatable bonds is 3. The van der Waals surface area contributed by atoms with E-state index < -0.39 is 0 Å². The number of carbonyl (C=O) groups excluding carboxylic acids is 1. The Labute approximate surface area is 144 Å². The fourth-order valence-electron chi connectivity index (χ4n) is 2.56. The summed E-state index contributed by atoms with van der Waals surface area (Å²) in [5.41, 5.74) is 2.51. The average molecular weight is 341 g/mol. The third-order valence-electron chi connectivity index (χ3n) is 4.05. The molecule has 3 aromatic rings. The molecule has 2 heterocycles. The van der Waals surface area contributed by atoms with Gasteiger partial charge in [-0.3, -0.25) is 9.59 Å². The molecular weight excluding hydrogens is 322 g/mol. The molecule has 24 heavy (non-hydrogen) atoms. The molecule has 0 saturated heterocycles. The predicted octanol–water partition coefficient (Wildman–Crippen LogP) is 3.68. The maximum Gasteiger partial charge on any atom is 0.266 e. The first kappa shape index (κ1) is 16.4. The van der Waals surface area contributed by atoms with Crippen molar-refractivity contribution in [2.75, 3.05) is 5.32 Å². The number of hydrogen-bond donors (Lipinski definition) is 1. The minimum Gasteiger partial charge on any atom is -0.321 e. The van der Waals surface area contributed by atoms with Crippen molar-refractivity contribution in [1.82, 2.24) is 9.55 Å². The van der Waals surface area contributed by atoms with E-state index in [9.17, 15) is 9.59 Å². The highest BCUT2D eigenvalue weighted by atomic mass is 32.1. The summed E-state index contributed by atoms with van der Waals surface area (Å²) in [4.78, 5) is 30.2. The lowest BCUT2D eigenvalue weighted by Crippen LogP contribution is -2.17. The molecule has 0 radical (unpaired) electrons. The second-order valence-electron chi connectivity index (χ2n) is 6.13. The Balaban J connectivity index is 1.93. The Hall–Kier alpha value is -2.47. The molecule has 1 amide bonds. The van der Waals surface area contributed by atoms with Crippen LogP contribution in [0.15, 0.2) is 35.4 Å². The second-order valence-corrected chi connectivity index (χ2v) is 7.13. The van der Waals surface area contributed by atoms with Crippen molar-refractivity contribution in [2.24, 2.45) is 7.05 Å². The zero-order chi connectivity index (χ0) is 17.4. The molecule has 0 aliphatic carbocycles. The van der Waals surface area contributed by atoms with Crippen LogP contribution in [0.1, 0.15) is 40.6 Å². The molecular formula is C18H19N3O2S. The molecule has 5 nitrogen and oxygen atoms in total. The van der Waals surface area contributed by atoms with Crippen LogP contribution >= 0.6 is 11.3 Å². The number of nitrogens with one attached hydrogen (secondary N) is 1. The summed E-state index contributed by atoms with van der Waals surface area (Å²) in [5.74, 6) is 0.233. The van der Waals surface area contributed by atoms with E-state index in [0.717, 1.165) is 5.69 Å². The largest absolute Gasteiger partial charge is 0.321 e. The monoisotopic (exact) mass is 341 g/mol. The molecule has 0 saturated carbocycles. The number of amides is 1. The number of anilines is 1. The van der Waals surface area contributed by atoms with Gasteiger partial charge in [0.2, 0.25) is 0 Å². The number of fused-ring (bicyclic) bond motifs is 1. The number of benzene rings is 1. The number of thiophene rings is 1. The van der Waals surface area contributed by atoms with E-state index in [4.69, 9.17) is 0 Å². The molecule has 124 valence electrons. The first-order chi connectivity index (χ1) is 11.4. The maximum absolute atomic E-state index is 12.6. The van der Waals surface area contributed by atoms with E-state index in [-0.39, 0.29) is 11.5 Å². The Morgan fingerprint density at radius 3 is 2.54 bits per heavy atom. The van der Waals surface area contributed by atoms with Gasteiger partial charge in [-0.15, -0.1) is 11.3 Å². The molecule has 2 aromatic heterocycles. The van der Waals surface area contributed by atoms with Crippen LogP contribution in [0.2, 0.25) is 0 Å². The van der Waals surface area contributed by atoms with E-state index in [1.54, 1.807) is 14.0 Å². The molecule has 0 atom stereocenters. The van der Waals surface area contributed by atoms with Crippen molar-refractivity contribution in [3.05, 3.63) is 57.0 Å². The van der Waals surface area contributed by atoms with Crippen molar-refractivity contribution in [3.8, 4) is 0 Å². The topological polar surface area (TPSA) is 64.0 Å². The van der Waals surface area contributed by atoms with Crippen LogP contribution in [0.3, 0.4) is 0 Å². The van der Waals surface area contributed by atoms with Crippen LogP contribution in [-0.2, 0) is 7.05 Å². The van der Waals surface area contributed by atoms with Crippen LogP contribution in [0.5, 0.6) is 0 Å². The zero-order valence-electron chi connectivity index (χ0n) is 14.1. The fourth-order valence-corrected chi connectivity index (χ4v) is 3.60.